The molecule has 0 saturated carbocycles. The molecule has 1 aromatic heterocycles. The van der Waals surface area contributed by atoms with Gasteiger partial charge in [0.1, 0.15) is 5.69 Å². The molecule has 0 fully saturated rings. The average molecular weight is 537 g/mol. The first kappa shape index (κ1) is 28.1. The summed E-state index contributed by atoms with van der Waals surface area (Å²) in [6, 6.07) is 9.67. The van der Waals surface area contributed by atoms with Gasteiger partial charge in [0.25, 0.3) is 5.91 Å². The van der Waals surface area contributed by atoms with Gasteiger partial charge in [-0.05, 0) is 58.0 Å². The second-order valence-electron chi connectivity index (χ2n) is 7.75. The van der Waals surface area contributed by atoms with Crippen molar-refractivity contribution >= 4 is 53.9 Å². The number of hydrogen-bond donors (Lipinski definition) is 2. The number of carbonyl (C=O) groups excluding carboxylic acids is 1. The zero-order chi connectivity index (χ0) is 26.5. The van der Waals surface area contributed by atoms with Crippen LogP contribution in [0.15, 0.2) is 42.6 Å². The van der Waals surface area contributed by atoms with E-state index in [0.29, 0.717) is 27.8 Å². The van der Waals surface area contributed by atoms with Gasteiger partial charge in [0, 0.05) is 29.7 Å². The molecule has 2 aromatic carbocycles. The van der Waals surface area contributed by atoms with Crippen molar-refractivity contribution in [3.63, 3.8) is 0 Å². The molecule has 0 unspecified atom stereocenters. The highest BCUT2D eigenvalue weighted by atomic mass is 31.2. The Morgan fingerprint density at radius 3 is 1.97 bits per heavy atom. The van der Waals surface area contributed by atoms with Crippen LogP contribution in [0.1, 0.15) is 38.2 Å². The molecule has 12 heteroatoms. The van der Waals surface area contributed by atoms with Crippen molar-refractivity contribution < 1.29 is 32.0 Å². The molecule has 0 spiro atoms. The Hall–Kier alpha value is -2.45. The molecule has 0 aliphatic rings. The smallest absolute Gasteiger partial charge is 0.361 e. The third-order valence-electron chi connectivity index (χ3n) is 5.29. The summed E-state index contributed by atoms with van der Waals surface area (Å²) >= 11 is 0. The van der Waals surface area contributed by atoms with Gasteiger partial charge in [-0.1, -0.05) is 6.07 Å². The fraction of sp³-hybridized carbons (Fsp3) is 0.375. The van der Waals surface area contributed by atoms with Crippen molar-refractivity contribution in [2.45, 2.75) is 27.7 Å². The number of anilines is 2. The Labute approximate surface area is 211 Å². The quantitative estimate of drug-likeness (QED) is 0.315. The second-order valence-corrected chi connectivity index (χ2v) is 11.8. The lowest BCUT2D eigenvalue weighted by atomic mass is 10.1. The summed E-state index contributed by atoms with van der Waals surface area (Å²) in [5, 5.41) is 4.44. The zero-order valence-corrected chi connectivity index (χ0v) is 22.9. The lowest BCUT2D eigenvalue weighted by Crippen LogP contribution is -2.19. The highest BCUT2D eigenvalue weighted by Crippen LogP contribution is 2.51. The minimum Gasteiger partial charge on any atom is -0.397 e. The van der Waals surface area contributed by atoms with Crippen LogP contribution in [0.25, 0.3) is 10.8 Å². The highest BCUT2D eigenvalue weighted by Gasteiger charge is 2.32. The van der Waals surface area contributed by atoms with Crippen molar-refractivity contribution in [2.75, 3.05) is 37.5 Å². The van der Waals surface area contributed by atoms with Gasteiger partial charge in [0.05, 0.1) is 42.7 Å². The van der Waals surface area contributed by atoms with E-state index in [1.807, 2.05) is 0 Å². The van der Waals surface area contributed by atoms with Crippen LogP contribution in [-0.4, -0.2) is 36.9 Å². The van der Waals surface area contributed by atoms with E-state index >= 15 is 0 Å². The Balaban J connectivity index is 2.23. The molecule has 1 amide bonds. The molecule has 3 aromatic rings. The third kappa shape index (κ3) is 5.75. The van der Waals surface area contributed by atoms with E-state index < -0.39 is 15.2 Å². The van der Waals surface area contributed by atoms with E-state index in [1.165, 1.54) is 0 Å². The van der Waals surface area contributed by atoms with Gasteiger partial charge in [-0.2, -0.15) is 0 Å². The first-order valence-electron chi connectivity index (χ1n) is 11.7. The van der Waals surface area contributed by atoms with Crippen molar-refractivity contribution in [2.24, 2.45) is 7.05 Å². The molecule has 0 radical (unpaired) electrons. The van der Waals surface area contributed by atoms with Crippen molar-refractivity contribution in [1.29, 1.82) is 0 Å². The van der Waals surface area contributed by atoms with Gasteiger partial charge in [-0.3, -0.25) is 13.9 Å². The second kappa shape index (κ2) is 11.7. The summed E-state index contributed by atoms with van der Waals surface area (Å²) in [5.74, 6) is -0.376. The van der Waals surface area contributed by atoms with E-state index in [4.69, 9.17) is 23.8 Å². The van der Waals surface area contributed by atoms with E-state index in [0.717, 1.165) is 0 Å². The number of fused-ring (bicyclic) bond motifs is 1. The minimum absolute atomic E-state index is 0.155. The van der Waals surface area contributed by atoms with E-state index in [-0.39, 0.29) is 42.9 Å². The lowest BCUT2D eigenvalue weighted by Gasteiger charge is -2.22. The van der Waals surface area contributed by atoms with Gasteiger partial charge in [-0.25, -0.2) is 0 Å². The Morgan fingerprint density at radius 2 is 1.44 bits per heavy atom. The number of benzene rings is 2. The number of aryl methyl sites for hydroxylation is 1. The molecule has 10 nitrogen and oxygen atoms in total. The van der Waals surface area contributed by atoms with Crippen LogP contribution in [0, 0.1) is 0 Å². The Morgan fingerprint density at radius 1 is 0.861 bits per heavy atom. The maximum absolute atomic E-state index is 13.8. The molecular weight excluding hydrogens is 504 g/mol. The lowest BCUT2D eigenvalue weighted by molar-refractivity contribution is 0.101. The molecule has 3 N–H and O–H groups in total. The summed E-state index contributed by atoms with van der Waals surface area (Å²) in [4.78, 5) is 13.0. The standard InChI is InChI=1S/C24H33N3O7P2/c1-6-31-35(29,32-7-2)18-10-11-19-20(15-18)23(36(30,33-8-3)34-9-4)13-12-21(19)26-24(28)22-14-17(25)16-27(22)5/h10-16H,6-9,25H2,1-5H3,(H,26,28). The van der Waals surface area contributed by atoms with E-state index in [1.54, 1.807) is 81.9 Å². The predicted octanol–water partition coefficient (Wildman–Crippen LogP) is 4.80. The largest absolute Gasteiger partial charge is 0.397 e. The summed E-state index contributed by atoms with van der Waals surface area (Å²) in [5.41, 5.74) is 7.10. The number of carbonyl (C=O) groups is 1. The SMILES string of the molecule is CCOP(=O)(OCC)c1ccc2c(NC(=O)c3cc(N)cn3C)ccc(P(=O)(OCC)OCC)c2c1. The molecule has 1 heterocycles. The van der Waals surface area contributed by atoms with Gasteiger partial charge in [-0.15, -0.1) is 0 Å². The summed E-state index contributed by atoms with van der Waals surface area (Å²) in [7, 11) is -5.67. The number of nitrogens with one attached hydrogen (secondary N) is 1. The fourth-order valence-electron chi connectivity index (χ4n) is 3.88. The van der Waals surface area contributed by atoms with Gasteiger partial charge < -0.3 is 33.7 Å². The molecule has 36 heavy (non-hydrogen) atoms. The van der Waals surface area contributed by atoms with E-state index in [9.17, 15) is 13.9 Å². The first-order valence-corrected chi connectivity index (χ1v) is 14.8. The molecule has 0 saturated heterocycles. The minimum atomic E-state index is -3.74. The number of amides is 1. The maximum Gasteiger partial charge on any atom is 0.361 e. The van der Waals surface area contributed by atoms with Gasteiger partial charge in [0.15, 0.2) is 0 Å². The number of hydrogen-bond acceptors (Lipinski definition) is 8. The van der Waals surface area contributed by atoms with Crippen molar-refractivity contribution in [3.8, 4) is 0 Å². The normalized spacial score (nSPS) is 12.2. The van der Waals surface area contributed by atoms with E-state index in [2.05, 4.69) is 5.32 Å². The summed E-state index contributed by atoms with van der Waals surface area (Å²) in [6.45, 7) is 7.55. The summed E-state index contributed by atoms with van der Waals surface area (Å²) < 4.78 is 51.1. The summed E-state index contributed by atoms with van der Waals surface area (Å²) in [6.07, 6.45) is 1.64. The topological polar surface area (TPSA) is 131 Å². The van der Waals surface area contributed by atoms with Crippen LogP contribution < -0.4 is 21.7 Å². The maximum atomic E-state index is 13.8. The molecule has 0 atom stereocenters. The molecule has 0 bridgehead atoms. The van der Waals surface area contributed by atoms with Gasteiger partial charge in [0.2, 0.25) is 0 Å². The molecule has 0 aliphatic heterocycles. The van der Waals surface area contributed by atoms with Crippen LogP contribution >= 0.6 is 15.2 Å². The van der Waals surface area contributed by atoms with Crippen LogP contribution in [0.2, 0.25) is 0 Å². The first-order chi connectivity index (χ1) is 17.1. The van der Waals surface area contributed by atoms with Crippen LogP contribution in [-0.2, 0) is 34.3 Å². The number of nitrogen functional groups attached to an aromatic ring is 1. The highest BCUT2D eigenvalue weighted by molar-refractivity contribution is 7.63. The number of aromatic nitrogens is 1. The number of rotatable bonds is 12. The van der Waals surface area contributed by atoms with Crippen molar-refractivity contribution in [3.05, 3.63) is 48.3 Å². The number of nitrogens with zero attached hydrogens (tertiary/aromatic N) is 1. The monoisotopic (exact) mass is 537 g/mol. The molecule has 0 aliphatic carbocycles. The fourth-order valence-corrected chi connectivity index (χ4v) is 7.25. The van der Waals surface area contributed by atoms with Crippen LogP contribution in [0.3, 0.4) is 0 Å². The Bertz CT molecular complexity index is 1320. The zero-order valence-electron chi connectivity index (χ0n) is 21.1. The third-order valence-corrected chi connectivity index (χ3v) is 9.57. The Kier molecular flexibility index (Phi) is 9.17. The van der Waals surface area contributed by atoms with Crippen LogP contribution in [0.4, 0.5) is 11.4 Å². The molecular formula is C24H33N3O7P2. The van der Waals surface area contributed by atoms with Gasteiger partial charge >= 0.3 is 15.2 Å². The van der Waals surface area contributed by atoms with Crippen LogP contribution in [0.5, 0.6) is 0 Å². The average Bonchev–Trinajstić information content (AvgIpc) is 3.17. The number of nitrogens with two attached hydrogens (primary N) is 1. The molecule has 3 rings (SSSR count). The molecule has 196 valence electrons. The van der Waals surface area contributed by atoms with Crippen molar-refractivity contribution in [1.82, 2.24) is 4.57 Å². The predicted molar refractivity (Wildman–Crippen MR) is 143 cm³/mol.